The van der Waals surface area contributed by atoms with Gasteiger partial charge in [0.05, 0.1) is 11.4 Å². The molecular weight excluding hydrogens is 268 g/mol. The van der Waals surface area contributed by atoms with Gasteiger partial charge >= 0.3 is 0 Å². The van der Waals surface area contributed by atoms with Gasteiger partial charge in [-0.2, -0.15) is 0 Å². The van der Waals surface area contributed by atoms with Gasteiger partial charge in [-0.15, -0.1) is 0 Å². The van der Waals surface area contributed by atoms with Crippen LogP contribution >= 0.6 is 11.6 Å². The minimum atomic E-state index is 0.448. The van der Waals surface area contributed by atoms with Crippen molar-refractivity contribution in [3.05, 3.63) is 71.4 Å². The molecular formula is C17H15ClN2. The summed E-state index contributed by atoms with van der Waals surface area (Å²) < 4.78 is 0. The van der Waals surface area contributed by atoms with Crippen LogP contribution in [-0.4, -0.2) is 9.97 Å². The number of nitrogens with zero attached hydrogens (tertiary/aromatic N) is 1. The lowest BCUT2D eigenvalue weighted by atomic mass is 10.1. The van der Waals surface area contributed by atoms with Crippen LogP contribution in [0.1, 0.15) is 5.56 Å². The van der Waals surface area contributed by atoms with Crippen LogP contribution in [0.25, 0.3) is 29.6 Å². The molecule has 0 atom stereocenters. The Morgan fingerprint density at radius 2 is 1.85 bits per heavy atom. The molecule has 0 aliphatic rings. The van der Waals surface area contributed by atoms with Gasteiger partial charge in [0.1, 0.15) is 5.15 Å². The number of allylic oxidation sites excluding steroid dienone is 2. The van der Waals surface area contributed by atoms with Gasteiger partial charge in [0.15, 0.2) is 0 Å². The van der Waals surface area contributed by atoms with Crippen LogP contribution in [0.3, 0.4) is 0 Å². The lowest BCUT2D eigenvalue weighted by molar-refractivity contribution is 1.25. The fourth-order valence-electron chi connectivity index (χ4n) is 1.96. The molecule has 2 aromatic rings. The molecule has 100 valence electrons. The summed E-state index contributed by atoms with van der Waals surface area (Å²) in [7, 11) is 0. The van der Waals surface area contributed by atoms with E-state index < -0.39 is 0 Å². The Kier molecular flexibility index (Phi) is 4.38. The highest BCUT2D eigenvalue weighted by Crippen LogP contribution is 2.21. The first-order valence-corrected chi connectivity index (χ1v) is 6.51. The zero-order valence-corrected chi connectivity index (χ0v) is 11.8. The monoisotopic (exact) mass is 282 g/mol. The molecule has 0 aliphatic carbocycles. The predicted molar refractivity (Wildman–Crippen MR) is 87.7 cm³/mol. The van der Waals surface area contributed by atoms with E-state index >= 15 is 0 Å². The van der Waals surface area contributed by atoms with Crippen molar-refractivity contribution in [2.24, 2.45) is 0 Å². The Balaban J connectivity index is 2.74. The summed E-state index contributed by atoms with van der Waals surface area (Å²) in [6, 6.07) is 5.65. The van der Waals surface area contributed by atoms with Gasteiger partial charge in [-0.25, -0.2) is 4.98 Å². The van der Waals surface area contributed by atoms with Crippen molar-refractivity contribution in [2.75, 3.05) is 0 Å². The van der Waals surface area contributed by atoms with E-state index in [1.165, 1.54) is 0 Å². The van der Waals surface area contributed by atoms with Crippen molar-refractivity contribution in [3.8, 4) is 11.4 Å². The van der Waals surface area contributed by atoms with E-state index in [-0.39, 0.29) is 0 Å². The quantitative estimate of drug-likeness (QED) is 0.857. The molecule has 0 aliphatic heterocycles. The van der Waals surface area contributed by atoms with E-state index in [9.17, 15) is 0 Å². The van der Waals surface area contributed by atoms with E-state index in [0.29, 0.717) is 5.15 Å². The van der Waals surface area contributed by atoms with Crippen molar-refractivity contribution in [1.29, 1.82) is 0 Å². The van der Waals surface area contributed by atoms with E-state index in [4.69, 9.17) is 11.6 Å². The molecule has 0 unspecified atom stereocenters. The zero-order valence-electron chi connectivity index (χ0n) is 11.1. The molecule has 3 heteroatoms. The van der Waals surface area contributed by atoms with Crippen LogP contribution in [0, 0.1) is 0 Å². The third-order valence-electron chi connectivity index (χ3n) is 2.83. The summed E-state index contributed by atoms with van der Waals surface area (Å²) in [6.07, 6.45) is 9.06. The lowest BCUT2D eigenvalue weighted by Crippen LogP contribution is -2.21. The van der Waals surface area contributed by atoms with E-state index in [1.807, 2.05) is 24.3 Å². The second kappa shape index (κ2) is 6.22. The number of aromatic amines is 1. The van der Waals surface area contributed by atoms with Crippen molar-refractivity contribution < 1.29 is 0 Å². The second-order valence-corrected chi connectivity index (χ2v) is 4.52. The largest absolute Gasteiger partial charge is 0.353 e. The average Bonchev–Trinajstić information content (AvgIpc) is 2.83. The second-order valence-electron chi connectivity index (χ2n) is 4.13. The van der Waals surface area contributed by atoms with Gasteiger partial charge in [-0.3, -0.25) is 0 Å². The Labute approximate surface area is 123 Å². The molecule has 0 radical (unpaired) electrons. The van der Waals surface area contributed by atoms with E-state index in [1.54, 1.807) is 24.3 Å². The summed E-state index contributed by atoms with van der Waals surface area (Å²) in [5, 5.41) is 2.42. The first-order valence-electron chi connectivity index (χ1n) is 6.13. The van der Waals surface area contributed by atoms with Gasteiger partial charge in [0.25, 0.3) is 0 Å². The number of rotatable bonds is 4. The molecule has 0 bridgehead atoms. The minimum absolute atomic E-state index is 0.448. The molecule has 0 fully saturated rings. The van der Waals surface area contributed by atoms with Crippen molar-refractivity contribution in [2.45, 2.75) is 0 Å². The van der Waals surface area contributed by atoms with Crippen LogP contribution in [0.5, 0.6) is 0 Å². The molecule has 20 heavy (non-hydrogen) atoms. The van der Waals surface area contributed by atoms with Crippen molar-refractivity contribution in [3.63, 3.8) is 0 Å². The maximum Gasteiger partial charge on any atom is 0.129 e. The minimum Gasteiger partial charge on any atom is -0.353 e. The molecule has 0 saturated heterocycles. The Morgan fingerprint density at radius 1 is 1.10 bits per heavy atom. The Hall–Kier alpha value is -2.32. The fraction of sp³-hybridized carbons (Fsp3) is 0. The first kappa shape index (κ1) is 14.1. The van der Waals surface area contributed by atoms with Crippen molar-refractivity contribution >= 4 is 29.8 Å². The van der Waals surface area contributed by atoms with Crippen LogP contribution < -0.4 is 10.6 Å². The van der Waals surface area contributed by atoms with Crippen LogP contribution in [0.2, 0.25) is 5.15 Å². The predicted octanol–water partition coefficient (Wildman–Crippen LogP) is 3.31. The normalized spacial score (nSPS) is 12.4. The molecule has 2 rings (SSSR count). The van der Waals surface area contributed by atoms with E-state index in [2.05, 4.69) is 29.7 Å². The number of pyridine rings is 1. The standard InChI is InChI=1S/C17H15ClN2/c1-4-7-13-11-15(19-14(13)8-5-2)17-12(6-3)9-10-16(18)20-17/h4-11,19H,1-3H2/b13-7-,14-8+. The Morgan fingerprint density at radius 3 is 2.50 bits per heavy atom. The SMILES string of the molecule is C=C/C=c1/cc(-c2nc(Cl)ccc2C=C)[nH]/c1=C/C=C. The lowest BCUT2D eigenvalue weighted by Gasteiger charge is -2.03. The third kappa shape index (κ3) is 2.81. The van der Waals surface area contributed by atoms with Crippen molar-refractivity contribution in [1.82, 2.24) is 9.97 Å². The number of nitrogens with one attached hydrogen (secondary N) is 1. The van der Waals surface area contributed by atoms with Gasteiger partial charge in [-0.05, 0) is 24.3 Å². The number of aromatic nitrogens is 2. The summed E-state index contributed by atoms with van der Waals surface area (Å²) in [5.74, 6) is 0. The molecule has 2 heterocycles. The smallest absolute Gasteiger partial charge is 0.129 e. The highest BCUT2D eigenvalue weighted by Gasteiger charge is 2.07. The fourth-order valence-corrected chi connectivity index (χ4v) is 2.11. The topological polar surface area (TPSA) is 28.7 Å². The molecule has 2 aromatic heterocycles. The average molecular weight is 283 g/mol. The maximum atomic E-state index is 5.99. The number of hydrogen-bond acceptors (Lipinski definition) is 1. The highest BCUT2D eigenvalue weighted by molar-refractivity contribution is 6.29. The summed E-state index contributed by atoms with van der Waals surface area (Å²) in [4.78, 5) is 7.68. The maximum absolute atomic E-state index is 5.99. The molecule has 0 spiro atoms. The molecule has 2 nitrogen and oxygen atoms in total. The van der Waals surface area contributed by atoms with Crippen LogP contribution in [0.4, 0.5) is 0 Å². The third-order valence-corrected chi connectivity index (χ3v) is 3.04. The number of hydrogen-bond donors (Lipinski definition) is 1. The van der Waals surface area contributed by atoms with Gasteiger partial charge < -0.3 is 4.98 Å². The van der Waals surface area contributed by atoms with E-state index in [0.717, 1.165) is 27.5 Å². The van der Waals surface area contributed by atoms with Crippen LogP contribution in [0.15, 0.2) is 50.1 Å². The summed E-state index contributed by atoms with van der Waals surface area (Å²) in [5.41, 5.74) is 2.57. The van der Waals surface area contributed by atoms with Crippen LogP contribution in [-0.2, 0) is 0 Å². The summed E-state index contributed by atoms with van der Waals surface area (Å²) >= 11 is 5.99. The molecule has 0 amide bonds. The molecule has 0 saturated carbocycles. The molecule has 1 N–H and O–H groups in total. The molecule has 0 aromatic carbocycles. The number of halogens is 1. The summed E-state index contributed by atoms with van der Waals surface area (Å²) in [6.45, 7) is 11.2. The van der Waals surface area contributed by atoms with Gasteiger partial charge in [0.2, 0.25) is 0 Å². The first-order chi connectivity index (χ1) is 9.69. The Bertz CT molecular complexity index is 744. The van der Waals surface area contributed by atoms with Gasteiger partial charge in [-0.1, -0.05) is 55.6 Å². The van der Waals surface area contributed by atoms with Gasteiger partial charge in [0, 0.05) is 16.1 Å². The zero-order chi connectivity index (χ0) is 14.5. The highest BCUT2D eigenvalue weighted by atomic mass is 35.5. The number of H-pyrrole nitrogens is 1.